The largest absolute Gasteiger partial charge is 0.433 e. The number of benzene rings is 1. The molecule has 1 N–H and O–H groups in total. The Bertz CT molecular complexity index is 733. The second-order valence-corrected chi connectivity index (χ2v) is 6.06. The minimum Gasteiger partial charge on any atom is -0.433 e. The number of hydrogen-bond acceptors (Lipinski definition) is 5. The van der Waals surface area contributed by atoms with Crippen LogP contribution in [0, 0.1) is 13.8 Å². The second kappa shape index (κ2) is 8.75. The number of aryl methyl sites for hydroxylation is 2. The number of carbonyl (C=O) groups excluding carboxylic acids is 1. The lowest BCUT2D eigenvalue weighted by atomic mass is 10.1. The summed E-state index contributed by atoms with van der Waals surface area (Å²) in [6.45, 7) is 0.816. The number of nitrogens with zero attached hydrogens (tertiary/aromatic N) is 2. The Kier molecular flexibility index (Phi) is 6.69. The Labute approximate surface area is 149 Å². The monoisotopic (exact) mass is 367 g/mol. The molecule has 0 saturated carbocycles. The maximum atomic E-state index is 12.4. The van der Waals surface area contributed by atoms with Crippen LogP contribution in [0.3, 0.4) is 0 Å². The van der Waals surface area contributed by atoms with Crippen molar-refractivity contribution in [3.63, 3.8) is 0 Å². The van der Waals surface area contributed by atoms with Crippen molar-refractivity contribution in [2.75, 3.05) is 11.6 Å². The third-order valence-electron chi connectivity index (χ3n) is 3.56. The second-order valence-electron chi connectivity index (χ2n) is 5.28. The van der Waals surface area contributed by atoms with Crippen molar-refractivity contribution in [3.05, 3.63) is 41.2 Å². The van der Waals surface area contributed by atoms with Crippen LogP contribution in [0.15, 0.2) is 29.4 Å². The molecule has 134 valence electrons. The van der Waals surface area contributed by atoms with E-state index in [4.69, 9.17) is 0 Å². The highest BCUT2D eigenvalue weighted by Gasteiger charge is 2.13. The van der Waals surface area contributed by atoms with E-state index < -0.39 is 6.61 Å². The predicted molar refractivity (Wildman–Crippen MR) is 93.3 cm³/mol. The van der Waals surface area contributed by atoms with Crippen LogP contribution in [-0.2, 0) is 11.2 Å². The number of hydrogen-bond donors (Lipinski definition) is 1. The molecule has 0 radical (unpaired) electrons. The molecule has 25 heavy (non-hydrogen) atoms. The van der Waals surface area contributed by atoms with Crippen molar-refractivity contribution in [2.45, 2.75) is 38.5 Å². The fraction of sp³-hybridized carbons (Fsp3) is 0.353. The van der Waals surface area contributed by atoms with Gasteiger partial charge in [-0.1, -0.05) is 23.9 Å². The molecule has 2 aromatic rings. The first-order chi connectivity index (χ1) is 11.9. The predicted octanol–water partition coefficient (Wildman–Crippen LogP) is 3.99. The SMILES string of the molecule is CSc1nc(C)c(CCC(=O)Nc2ccccc2OC(F)F)c(C)n1. The number of para-hydroxylation sites is 2. The van der Waals surface area contributed by atoms with E-state index in [1.807, 2.05) is 20.1 Å². The van der Waals surface area contributed by atoms with Crippen LogP contribution in [0.2, 0.25) is 0 Å². The molecular weight excluding hydrogens is 348 g/mol. The third-order valence-corrected chi connectivity index (χ3v) is 4.11. The van der Waals surface area contributed by atoms with Gasteiger partial charge in [-0.25, -0.2) is 9.97 Å². The van der Waals surface area contributed by atoms with Crippen molar-refractivity contribution in [1.29, 1.82) is 0 Å². The number of amides is 1. The van der Waals surface area contributed by atoms with Crippen LogP contribution < -0.4 is 10.1 Å². The molecule has 0 aliphatic heterocycles. The molecule has 1 amide bonds. The summed E-state index contributed by atoms with van der Waals surface area (Å²) < 4.78 is 29.2. The maximum Gasteiger partial charge on any atom is 0.387 e. The van der Waals surface area contributed by atoms with E-state index in [0.717, 1.165) is 17.0 Å². The molecule has 0 bridgehead atoms. The third kappa shape index (κ3) is 5.38. The van der Waals surface area contributed by atoms with E-state index in [0.29, 0.717) is 11.6 Å². The van der Waals surface area contributed by atoms with Crippen LogP contribution in [0.4, 0.5) is 14.5 Å². The lowest BCUT2D eigenvalue weighted by molar-refractivity contribution is -0.116. The lowest BCUT2D eigenvalue weighted by Crippen LogP contribution is -2.15. The zero-order valence-electron chi connectivity index (χ0n) is 14.2. The van der Waals surface area contributed by atoms with Gasteiger partial charge in [0.15, 0.2) is 5.16 Å². The number of halogens is 2. The highest BCUT2D eigenvalue weighted by atomic mass is 32.2. The Morgan fingerprint density at radius 1 is 1.24 bits per heavy atom. The number of aromatic nitrogens is 2. The van der Waals surface area contributed by atoms with E-state index >= 15 is 0 Å². The molecule has 1 aromatic heterocycles. The standard InChI is InChI=1S/C17H19F2N3O2S/c1-10-12(11(2)21-17(20-10)25-3)8-9-15(23)22-13-6-4-5-7-14(13)24-16(18)19/h4-7,16H,8-9H2,1-3H3,(H,22,23). The molecule has 2 rings (SSSR count). The van der Waals surface area contributed by atoms with Crippen LogP contribution in [0.5, 0.6) is 5.75 Å². The van der Waals surface area contributed by atoms with E-state index in [2.05, 4.69) is 20.0 Å². The molecule has 0 aliphatic carbocycles. The minimum atomic E-state index is -2.95. The lowest BCUT2D eigenvalue weighted by Gasteiger charge is -2.12. The van der Waals surface area contributed by atoms with Crippen molar-refractivity contribution < 1.29 is 18.3 Å². The Morgan fingerprint density at radius 3 is 2.48 bits per heavy atom. The van der Waals surface area contributed by atoms with Gasteiger partial charge >= 0.3 is 6.61 Å². The van der Waals surface area contributed by atoms with Gasteiger partial charge in [-0.2, -0.15) is 8.78 Å². The Balaban J connectivity index is 2.03. The van der Waals surface area contributed by atoms with Crippen LogP contribution in [-0.4, -0.2) is 28.7 Å². The highest BCUT2D eigenvalue weighted by molar-refractivity contribution is 7.98. The van der Waals surface area contributed by atoms with E-state index in [1.165, 1.54) is 23.9 Å². The molecule has 0 spiro atoms. The molecule has 8 heteroatoms. The minimum absolute atomic E-state index is 0.0640. The number of anilines is 1. The van der Waals surface area contributed by atoms with E-state index in [9.17, 15) is 13.6 Å². The first-order valence-electron chi connectivity index (χ1n) is 7.62. The van der Waals surface area contributed by atoms with Gasteiger partial charge in [0.05, 0.1) is 5.69 Å². The van der Waals surface area contributed by atoms with Gasteiger partial charge in [-0.15, -0.1) is 0 Å². The van der Waals surface area contributed by atoms with Gasteiger partial charge in [0, 0.05) is 17.8 Å². The summed E-state index contributed by atoms with van der Waals surface area (Å²) in [7, 11) is 0. The normalized spacial score (nSPS) is 10.8. The smallest absolute Gasteiger partial charge is 0.387 e. The zero-order chi connectivity index (χ0) is 18.4. The number of carbonyl (C=O) groups is 1. The number of ether oxygens (including phenoxy) is 1. The van der Waals surface area contributed by atoms with Gasteiger partial charge in [0.1, 0.15) is 5.75 Å². The highest BCUT2D eigenvalue weighted by Crippen LogP contribution is 2.26. The summed E-state index contributed by atoms with van der Waals surface area (Å²) in [5.74, 6) is -0.357. The van der Waals surface area contributed by atoms with Crippen molar-refractivity contribution in [3.8, 4) is 5.75 Å². The Hall–Kier alpha value is -2.22. The fourth-order valence-corrected chi connectivity index (χ4v) is 2.84. The van der Waals surface area contributed by atoms with E-state index in [1.54, 1.807) is 12.1 Å². The first-order valence-corrected chi connectivity index (χ1v) is 8.85. The van der Waals surface area contributed by atoms with E-state index in [-0.39, 0.29) is 23.8 Å². The molecule has 0 unspecified atom stereocenters. The number of alkyl halides is 2. The molecule has 0 fully saturated rings. The number of nitrogens with one attached hydrogen (secondary N) is 1. The van der Waals surface area contributed by atoms with Crippen molar-refractivity contribution in [2.24, 2.45) is 0 Å². The quantitative estimate of drug-likeness (QED) is 0.592. The summed E-state index contributed by atoms with van der Waals surface area (Å²) in [5, 5.41) is 3.30. The summed E-state index contributed by atoms with van der Waals surface area (Å²) in [4.78, 5) is 20.9. The van der Waals surface area contributed by atoms with Crippen LogP contribution in [0.1, 0.15) is 23.4 Å². The summed E-state index contributed by atoms with van der Waals surface area (Å²) >= 11 is 1.46. The molecule has 0 atom stereocenters. The fourth-order valence-electron chi connectivity index (χ4n) is 2.38. The molecule has 1 heterocycles. The van der Waals surface area contributed by atoms with Crippen molar-refractivity contribution in [1.82, 2.24) is 9.97 Å². The van der Waals surface area contributed by atoms with Gasteiger partial charge in [0.25, 0.3) is 0 Å². The van der Waals surface area contributed by atoms with Gasteiger partial charge < -0.3 is 10.1 Å². The first kappa shape index (κ1) is 19.1. The van der Waals surface area contributed by atoms with Gasteiger partial charge in [0.2, 0.25) is 5.91 Å². The average molecular weight is 367 g/mol. The maximum absolute atomic E-state index is 12.4. The van der Waals surface area contributed by atoms with Crippen LogP contribution in [0.25, 0.3) is 0 Å². The molecule has 0 aliphatic rings. The summed E-state index contributed by atoms with van der Waals surface area (Å²) in [6, 6.07) is 6.09. The Morgan fingerprint density at radius 2 is 1.88 bits per heavy atom. The van der Waals surface area contributed by atoms with Crippen LogP contribution >= 0.6 is 11.8 Å². The van der Waals surface area contributed by atoms with Gasteiger partial charge in [-0.3, -0.25) is 4.79 Å². The van der Waals surface area contributed by atoms with Gasteiger partial charge in [-0.05, 0) is 44.2 Å². The molecular formula is C17H19F2N3O2S. The summed E-state index contributed by atoms with van der Waals surface area (Å²) in [6.07, 6.45) is 2.56. The zero-order valence-corrected chi connectivity index (χ0v) is 15.0. The summed E-state index contributed by atoms with van der Waals surface area (Å²) in [5.41, 5.74) is 2.82. The average Bonchev–Trinajstić information content (AvgIpc) is 2.55. The topological polar surface area (TPSA) is 64.1 Å². The molecule has 1 aromatic carbocycles. The number of thioether (sulfide) groups is 1. The number of rotatable bonds is 7. The molecule has 0 saturated heterocycles. The molecule has 5 nitrogen and oxygen atoms in total. The van der Waals surface area contributed by atoms with Crippen molar-refractivity contribution >= 4 is 23.4 Å².